The van der Waals surface area contributed by atoms with Crippen LogP contribution in [0.25, 0.3) is 0 Å². The second-order valence-corrected chi connectivity index (χ2v) is 7.62. The van der Waals surface area contributed by atoms with Gasteiger partial charge >= 0.3 is 0 Å². The predicted molar refractivity (Wildman–Crippen MR) is 88.1 cm³/mol. The zero-order chi connectivity index (χ0) is 15.6. The van der Waals surface area contributed by atoms with Crippen molar-refractivity contribution >= 4 is 34.2 Å². The normalized spacial score (nSPS) is 20.0. The molecule has 1 unspecified atom stereocenters. The third kappa shape index (κ3) is 4.31. The Morgan fingerprint density at radius 2 is 2.18 bits per heavy atom. The Hall–Kier alpha value is -0.440. The molecule has 0 spiro atoms. The molecule has 1 aromatic carbocycles. The Morgan fingerprint density at radius 1 is 1.50 bits per heavy atom. The van der Waals surface area contributed by atoms with Gasteiger partial charge < -0.3 is 5.32 Å². The average Bonchev–Trinajstić information content (AvgIpc) is 2.42. The molecule has 0 aromatic heterocycles. The lowest BCUT2D eigenvalue weighted by molar-refractivity contribution is 0.287. The molecule has 0 radical (unpaired) electrons. The molecule has 22 heavy (non-hydrogen) atoms. The summed E-state index contributed by atoms with van der Waals surface area (Å²) in [5.74, 6) is -0.502. The lowest BCUT2D eigenvalue weighted by Crippen LogP contribution is -2.54. The minimum atomic E-state index is -3.63. The van der Waals surface area contributed by atoms with Gasteiger partial charge in [0.2, 0.25) is 0 Å². The molecule has 1 saturated heterocycles. The van der Waals surface area contributed by atoms with E-state index in [-0.39, 0.29) is 35.6 Å². The van der Waals surface area contributed by atoms with Crippen LogP contribution in [0.15, 0.2) is 18.2 Å². The summed E-state index contributed by atoms with van der Waals surface area (Å²) in [7, 11) is -2.19. The molecule has 5 nitrogen and oxygen atoms in total. The van der Waals surface area contributed by atoms with Gasteiger partial charge in [0.25, 0.3) is 10.2 Å². The number of halogens is 3. The van der Waals surface area contributed by atoms with E-state index in [0.29, 0.717) is 19.6 Å². The summed E-state index contributed by atoms with van der Waals surface area (Å²) >= 11 is 5.95. The van der Waals surface area contributed by atoms with Gasteiger partial charge in [0.05, 0.1) is 0 Å². The van der Waals surface area contributed by atoms with E-state index in [4.69, 9.17) is 11.6 Å². The first-order chi connectivity index (χ1) is 9.82. The van der Waals surface area contributed by atoms with Gasteiger partial charge in [-0.25, -0.2) is 4.39 Å². The van der Waals surface area contributed by atoms with E-state index in [2.05, 4.69) is 5.32 Å². The van der Waals surface area contributed by atoms with Crippen LogP contribution in [0.4, 0.5) is 4.39 Å². The molecule has 0 aliphatic carbocycles. The SMILES string of the molecule is CC1CN(S(=O)(=O)N(C)Cc2c(F)cccc2Cl)CCN1.Cl. The highest BCUT2D eigenvalue weighted by atomic mass is 35.5. The summed E-state index contributed by atoms with van der Waals surface area (Å²) in [5.41, 5.74) is 0.188. The van der Waals surface area contributed by atoms with Crippen molar-refractivity contribution in [2.24, 2.45) is 0 Å². The zero-order valence-electron chi connectivity index (χ0n) is 12.4. The largest absolute Gasteiger partial charge is 0.312 e. The summed E-state index contributed by atoms with van der Waals surface area (Å²) in [6.45, 7) is 3.25. The van der Waals surface area contributed by atoms with Crippen molar-refractivity contribution in [1.29, 1.82) is 0 Å². The molecule has 0 saturated carbocycles. The molecule has 1 aliphatic rings. The fraction of sp³-hybridized carbons (Fsp3) is 0.538. The fourth-order valence-electron chi connectivity index (χ4n) is 2.29. The molecule has 1 aliphatic heterocycles. The van der Waals surface area contributed by atoms with Gasteiger partial charge in [0.1, 0.15) is 5.82 Å². The fourth-order valence-corrected chi connectivity index (χ4v) is 3.93. The van der Waals surface area contributed by atoms with Crippen molar-refractivity contribution in [3.8, 4) is 0 Å². The van der Waals surface area contributed by atoms with E-state index in [1.165, 1.54) is 23.5 Å². The average molecular weight is 372 g/mol. The summed E-state index contributed by atoms with van der Waals surface area (Å²) in [6.07, 6.45) is 0. The van der Waals surface area contributed by atoms with E-state index in [1.807, 2.05) is 6.92 Å². The number of nitrogens with zero attached hydrogens (tertiary/aromatic N) is 2. The Kier molecular flexibility index (Phi) is 7.04. The second kappa shape index (κ2) is 7.90. The molecule has 1 heterocycles. The highest BCUT2D eigenvalue weighted by molar-refractivity contribution is 7.86. The van der Waals surface area contributed by atoms with Crippen LogP contribution in [0.1, 0.15) is 12.5 Å². The van der Waals surface area contributed by atoms with E-state index < -0.39 is 16.0 Å². The highest BCUT2D eigenvalue weighted by Crippen LogP contribution is 2.22. The summed E-state index contributed by atoms with van der Waals surface area (Å²) < 4.78 is 41.3. The van der Waals surface area contributed by atoms with Gasteiger partial charge in [-0.1, -0.05) is 17.7 Å². The summed E-state index contributed by atoms with van der Waals surface area (Å²) in [5, 5.41) is 3.41. The maximum atomic E-state index is 13.8. The molecule has 1 atom stereocenters. The zero-order valence-corrected chi connectivity index (χ0v) is 14.8. The van der Waals surface area contributed by atoms with Crippen LogP contribution in [0.3, 0.4) is 0 Å². The van der Waals surface area contributed by atoms with Gasteiger partial charge in [0, 0.05) is 49.9 Å². The molecule has 0 bridgehead atoms. The van der Waals surface area contributed by atoms with Crippen LogP contribution < -0.4 is 5.32 Å². The van der Waals surface area contributed by atoms with Crippen molar-refractivity contribution in [2.75, 3.05) is 26.7 Å². The van der Waals surface area contributed by atoms with Crippen LogP contribution in [0, 0.1) is 5.82 Å². The molecule has 1 fully saturated rings. The molecule has 0 amide bonds. The first kappa shape index (κ1) is 19.6. The second-order valence-electron chi connectivity index (χ2n) is 5.18. The van der Waals surface area contributed by atoms with Gasteiger partial charge in [-0.05, 0) is 19.1 Å². The number of rotatable bonds is 4. The third-order valence-electron chi connectivity index (χ3n) is 3.49. The van der Waals surface area contributed by atoms with Crippen molar-refractivity contribution in [3.05, 3.63) is 34.6 Å². The first-order valence-corrected chi connectivity index (χ1v) is 8.47. The van der Waals surface area contributed by atoms with E-state index in [1.54, 1.807) is 6.07 Å². The van der Waals surface area contributed by atoms with E-state index in [9.17, 15) is 12.8 Å². The minimum Gasteiger partial charge on any atom is -0.312 e. The molecular weight excluding hydrogens is 352 g/mol. The van der Waals surface area contributed by atoms with Crippen molar-refractivity contribution in [3.63, 3.8) is 0 Å². The number of benzene rings is 1. The quantitative estimate of drug-likeness (QED) is 0.878. The molecule has 126 valence electrons. The smallest absolute Gasteiger partial charge is 0.282 e. The van der Waals surface area contributed by atoms with Crippen LogP contribution >= 0.6 is 24.0 Å². The van der Waals surface area contributed by atoms with Crippen LogP contribution in [-0.4, -0.2) is 49.8 Å². The molecule has 2 rings (SSSR count). The van der Waals surface area contributed by atoms with E-state index >= 15 is 0 Å². The van der Waals surface area contributed by atoms with Gasteiger partial charge in [0.15, 0.2) is 0 Å². The maximum absolute atomic E-state index is 13.8. The number of nitrogens with one attached hydrogen (secondary N) is 1. The third-order valence-corrected chi connectivity index (χ3v) is 5.75. The van der Waals surface area contributed by atoms with Crippen molar-refractivity contribution in [2.45, 2.75) is 19.5 Å². The number of hydrogen-bond donors (Lipinski definition) is 1. The van der Waals surface area contributed by atoms with Gasteiger partial charge in [-0.15, -0.1) is 12.4 Å². The minimum absolute atomic E-state index is 0. The molecule has 9 heteroatoms. The number of piperazine rings is 1. The van der Waals surface area contributed by atoms with Crippen LogP contribution in [-0.2, 0) is 16.8 Å². The topological polar surface area (TPSA) is 52.7 Å². The van der Waals surface area contributed by atoms with Gasteiger partial charge in [-0.2, -0.15) is 17.0 Å². The Morgan fingerprint density at radius 3 is 2.77 bits per heavy atom. The monoisotopic (exact) mass is 371 g/mol. The van der Waals surface area contributed by atoms with Gasteiger partial charge in [-0.3, -0.25) is 0 Å². The number of hydrogen-bond acceptors (Lipinski definition) is 3. The van der Waals surface area contributed by atoms with Crippen molar-refractivity contribution in [1.82, 2.24) is 13.9 Å². The lowest BCUT2D eigenvalue weighted by Gasteiger charge is -2.33. The maximum Gasteiger partial charge on any atom is 0.282 e. The lowest BCUT2D eigenvalue weighted by atomic mass is 10.2. The van der Waals surface area contributed by atoms with Crippen LogP contribution in [0.2, 0.25) is 5.02 Å². The van der Waals surface area contributed by atoms with Crippen LogP contribution in [0.5, 0.6) is 0 Å². The first-order valence-electron chi connectivity index (χ1n) is 6.70. The Balaban J connectivity index is 0.00000242. The van der Waals surface area contributed by atoms with E-state index in [0.717, 1.165) is 4.31 Å². The Labute approximate surface area is 142 Å². The molecule has 1 N–H and O–H groups in total. The highest BCUT2D eigenvalue weighted by Gasteiger charge is 2.31. The predicted octanol–water partition coefficient (Wildman–Crippen LogP) is 1.87. The van der Waals surface area contributed by atoms with Crippen molar-refractivity contribution < 1.29 is 12.8 Å². The standard InChI is InChI=1S/C13H19ClFN3O2S.ClH/c1-10-8-18(7-6-16-10)21(19,20)17(2)9-11-12(14)4-3-5-13(11)15;/h3-5,10,16H,6-9H2,1-2H3;1H. The summed E-state index contributed by atoms with van der Waals surface area (Å²) in [6, 6.07) is 4.41. The Bertz CT molecular complexity index is 595. The molecular formula is C13H20Cl2FN3O2S. The summed E-state index contributed by atoms with van der Waals surface area (Å²) in [4.78, 5) is 0. The molecule has 1 aromatic rings.